The minimum absolute atomic E-state index is 0.202. The van der Waals surface area contributed by atoms with Crippen LogP contribution in [-0.2, 0) is 12.8 Å². The Hall–Kier alpha value is -2.48. The van der Waals surface area contributed by atoms with Crippen molar-refractivity contribution in [3.63, 3.8) is 0 Å². The molecule has 1 aliphatic carbocycles. The van der Waals surface area contributed by atoms with Gasteiger partial charge in [0.2, 0.25) is 0 Å². The highest BCUT2D eigenvalue weighted by Crippen LogP contribution is 2.38. The van der Waals surface area contributed by atoms with E-state index < -0.39 is 6.36 Å². The van der Waals surface area contributed by atoms with Gasteiger partial charge in [0.15, 0.2) is 0 Å². The highest BCUT2D eigenvalue weighted by atomic mass is 32.2. The molecule has 0 bridgehead atoms. The lowest BCUT2D eigenvalue weighted by Gasteiger charge is -2.39. The molecule has 0 amide bonds. The summed E-state index contributed by atoms with van der Waals surface area (Å²) in [5.74, 6) is -0.202. The molecule has 1 atom stereocenters. The van der Waals surface area contributed by atoms with Crippen LogP contribution in [0.3, 0.4) is 0 Å². The molecule has 178 valence electrons. The maximum absolute atomic E-state index is 12.4. The number of halogens is 3. The van der Waals surface area contributed by atoms with Crippen LogP contribution in [0, 0.1) is 0 Å². The van der Waals surface area contributed by atoms with Gasteiger partial charge in [-0.2, -0.15) is 0 Å². The van der Waals surface area contributed by atoms with Gasteiger partial charge >= 0.3 is 6.36 Å². The van der Waals surface area contributed by atoms with Crippen LogP contribution in [-0.4, -0.2) is 30.4 Å². The smallest absolute Gasteiger partial charge is 0.406 e. The van der Waals surface area contributed by atoms with Gasteiger partial charge in [0.25, 0.3) is 0 Å². The van der Waals surface area contributed by atoms with Crippen molar-refractivity contribution in [3.8, 4) is 5.75 Å². The summed E-state index contributed by atoms with van der Waals surface area (Å²) in [6, 6.07) is 24.1. The Morgan fingerprint density at radius 3 is 2.09 bits per heavy atom. The third-order valence-corrected chi connectivity index (χ3v) is 7.54. The van der Waals surface area contributed by atoms with Crippen LogP contribution in [0.15, 0.2) is 77.7 Å². The fourth-order valence-corrected chi connectivity index (χ4v) is 5.85. The number of nitrogens with zero attached hydrogens (tertiary/aromatic N) is 1. The van der Waals surface area contributed by atoms with E-state index in [1.807, 2.05) is 0 Å². The molecule has 0 spiro atoms. The number of aryl methyl sites for hydroxylation is 2. The normalized spacial score (nSPS) is 19.2. The van der Waals surface area contributed by atoms with E-state index in [0.717, 1.165) is 43.7 Å². The average molecular weight is 485 g/mol. The van der Waals surface area contributed by atoms with Gasteiger partial charge in [-0.25, -0.2) is 0 Å². The molecule has 7 heteroatoms. The van der Waals surface area contributed by atoms with E-state index in [0.29, 0.717) is 0 Å². The van der Waals surface area contributed by atoms with Crippen LogP contribution >= 0.6 is 11.9 Å². The number of benzene rings is 3. The van der Waals surface area contributed by atoms with E-state index in [-0.39, 0.29) is 17.8 Å². The fraction of sp³-hybridized carbons (Fsp3) is 0.333. The fourth-order valence-electron chi connectivity index (χ4n) is 5.09. The molecule has 0 saturated carbocycles. The van der Waals surface area contributed by atoms with Gasteiger partial charge in [-0.3, -0.25) is 9.62 Å². The van der Waals surface area contributed by atoms with Gasteiger partial charge in [0.05, 0.1) is 6.04 Å². The first-order valence-corrected chi connectivity index (χ1v) is 12.5. The molecule has 2 aliphatic rings. The molecule has 1 unspecified atom stereocenters. The number of hydrogen-bond acceptors (Lipinski definition) is 4. The zero-order chi connectivity index (χ0) is 23.5. The molecule has 1 fully saturated rings. The van der Waals surface area contributed by atoms with Gasteiger partial charge in [-0.1, -0.05) is 48.5 Å². The molecular formula is C27H27F3N2OS. The van der Waals surface area contributed by atoms with Crippen molar-refractivity contribution in [2.45, 2.75) is 49.0 Å². The first-order chi connectivity index (χ1) is 16.5. The minimum Gasteiger partial charge on any atom is -0.406 e. The van der Waals surface area contributed by atoms with E-state index in [4.69, 9.17) is 0 Å². The van der Waals surface area contributed by atoms with Crippen LogP contribution < -0.4 is 9.46 Å². The second-order valence-corrected chi connectivity index (χ2v) is 9.78. The summed E-state index contributed by atoms with van der Waals surface area (Å²) in [6.45, 7) is 1.95. The summed E-state index contributed by atoms with van der Waals surface area (Å²) in [4.78, 5) is 3.45. The van der Waals surface area contributed by atoms with Crippen LogP contribution in [0.1, 0.15) is 41.1 Å². The lowest BCUT2D eigenvalue weighted by atomic mass is 9.91. The Kier molecular flexibility index (Phi) is 6.86. The van der Waals surface area contributed by atoms with E-state index in [1.54, 1.807) is 12.1 Å². The summed E-state index contributed by atoms with van der Waals surface area (Å²) in [6.07, 6.45) is -0.397. The Balaban J connectivity index is 1.29. The van der Waals surface area contributed by atoms with E-state index in [2.05, 4.69) is 62.9 Å². The minimum atomic E-state index is -4.67. The number of piperidine rings is 1. The van der Waals surface area contributed by atoms with Gasteiger partial charge in [-0.05, 0) is 90.7 Å². The maximum Gasteiger partial charge on any atom is 0.573 e. The SMILES string of the molecule is FC(F)(F)Oc1ccc(SNC2CCCN(C3c4ccccc4CCc4ccccc43)C2)cc1. The van der Waals surface area contributed by atoms with Gasteiger partial charge in [0, 0.05) is 17.5 Å². The lowest BCUT2D eigenvalue weighted by molar-refractivity contribution is -0.274. The Labute approximate surface area is 202 Å². The number of ether oxygens (including phenoxy) is 1. The number of likely N-dealkylation sites (tertiary alicyclic amines) is 1. The quantitative estimate of drug-likeness (QED) is 0.416. The summed E-state index contributed by atoms with van der Waals surface area (Å²) in [7, 11) is 0. The highest BCUT2D eigenvalue weighted by Gasteiger charge is 2.32. The second-order valence-electron chi connectivity index (χ2n) is 8.87. The summed E-state index contributed by atoms with van der Waals surface area (Å²) in [5.41, 5.74) is 5.66. The predicted molar refractivity (Wildman–Crippen MR) is 129 cm³/mol. The zero-order valence-corrected chi connectivity index (χ0v) is 19.5. The second kappa shape index (κ2) is 10.0. The van der Waals surface area contributed by atoms with Crippen LogP contribution in [0.2, 0.25) is 0 Å². The first-order valence-electron chi connectivity index (χ1n) is 11.6. The molecule has 1 heterocycles. The molecule has 1 aliphatic heterocycles. The predicted octanol–water partition coefficient (Wildman–Crippen LogP) is 6.53. The van der Waals surface area contributed by atoms with Crippen molar-refractivity contribution >= 4 is 11.9 Å². The van der Waals surface area contributed by atoms with Crippen molar-refractivity contribution in [1.29, 1.82) is 0 Å². The van der Waals surface area contributed by atoms with Crippen LogP contribution in [0.25, 0.3) is 0 Å². The Morgan fingerprint density at radius 2 is 1.47 bits per heavy atom. The molecule has 1 N–H and O–H groups in total. The van der Waals surface area contributed by atoms with Crippen molar-refractivity contribution in [2.75, 3.05) is 13.1 Å². The average Bonchev–Trinajstić information content (AvgIpc) is 3.00. The molecule has 3 aromatic rings. The van der Waals surface area contributed by atoms with Crippen LogP contribution in [0.5, 0.6) is 5.75 Å². The topological polar surface area (TPSA) is 24.5 Å². The third kappa shape index (κ3) is 5.43. The highest BCUT2D eigenvalue weighted by molar-refractivity contribution is 7.97. The van der Waals surface area contributed by atoms with Crippen molar-refractivity contribution < 1.29 is 17.9 Å². The standard InChI is InChI=1S/C27H27F3N2OS/c28-27(29,30)33-22-13-15-23(16-14-22)34-31-21-8-5-17-32(18-21)26-24-9-3-1-6-19(24)11-12-20-7-2-4-10-25(20)26/h1-4,6-7,9-10,13-16,21,26,31H,5,8,11-12,17-18H2. The molecule has 1 saturated heterocycles. The molecule has 0 radical (unpaired) electrons. The number of fused-ring (bicyclic) bond motifs is 2. The van der Waals surface area contributed by atoms with Gasteiger partial charge in [0.1, 0.15) is 5.75 Å². The molecule has 34 heavy (non-hydrogen) atoms. The lowest BCUT2D eigenvalue weighted by Crippen LogP contribution is -2.45. The van der Waals surface area contributed by atoms with E-state index >= 15 is 0 Å². The molecule has 5 rings (SSSR count). The maximum atomic E-state index is 12.4. The Morgan fingerprint density at radius 1 is 0.853 bits per heavy atom. The van der Waals surface area contributed by atoms with Crippen molar-refractivity contribution in [1.82, 2.24) is 9.62 Å². The zero-order valence-electron chi connectivity index (χ0n) is 18.7. The molecule has 0 aromatic heterocycles. The summed E-state index contributed by atoms with van der Waals surface area (Å²) in [5, 5.41) is 0. The summed E-state index contributed by atoms with van der Waals surface area (Å²) >= 11 is 1.46. The van der Waals surface area contributed by atoms with Gasteiger partial charge in [-0.15, -0.1) is 13.2 Å². The van der Waals surface area contributed by atoms with Crippen LogP contribution in [0.4, 0.5) is 13.2 Å². The molecule has 3 nitrogen and oxygen atoms in total. The third-order valence-electron chi connectivity index (χ3n) is 6.58. The first kappa shape index (κ1) is 23.3. The number of nitrogens with one attached hydrogen (secondary N) is 1. The van der Waals surface area contributed by atoms with Crippen molar-refractivity contribution in [3.05, 3.63) is 95.1 Å². The number of rotatable bonds is 5. The largest absolute Gasteiger partial charge is 0.573 e. The monoisotopic (exact) mass is 484 g/mol. The van der Waals surface area contributed by atoms with Gasteiger partial charge < -0.3 is 4.74 Å². The van der Waals surface area contributed by atoms with E-state index in [9.17, 15) is 13.2 Å². The summed E-state index contributed by atoms with van der Waals surface area (Å²) < 4.78 is 44.7. The van der Waals surface area contributed by atoms with Crippen molar-refractivity contribution in [2.24, 2.45) is 0 Å². The van der Waals surface area contributed by atoms with E-state index in [1.165, 1.54) is 46.3 Å². The molecule has 3 aromatic carbocycles. The number of hydrogen-bond donors (Lipinski definition) is 1. The number of alkyl halides is 3. The Bertz CT molecular complexity index is 1070. The molecular weight excluding hydrogens is 457 g/mol.